The Hall–Kier alpha value is -1.29. The molecular formula is C9H9ClFNO2. The van der Waals surface area contributed by atoms with Gasteiger partial charge in [0.25, 0.3) is 0 Å². The van der Waals surface area contributed by atoms with Gasteiger partial charge < -0.3 is 4.74 Å². The fourth-order valence-corrected chi connectivity index (χ4v) is 1.13. The highest BCUT2D eigenvalue weighted by atomic mass is 35.5. The van der Waals surface area contributed by atoms with Crippen molar-refractivity contribution in [2.24, 2.45) is 0 Å². The molecule has 5 heteroatoms. The van der Waals surface area contributed by atoms with Crippen LogP contribution in [0.4, 0.5) is 14.9 Å². The minimum absolute atomic E-state index is 0.219. The molecule has 0 spiro atoms. The van der Waals surface area contributed by atoms with Gasteiger partial charge in [0.15, 0.2) is 0 Å². The van der Waals surface area contributed by atoms with Crippen molar-refractivity contribution in [2.45, 2.75) is 6.92 Å². The summed E-state index contributed by atoms with van der Waals surface area (Å²) in [7, 11) is 0. The van der Waals surface area contributed by atoms with Crippen LogP contribution in [0, 0.1) is 5.82 Å². The molecular weight excluding hydrogens is 209 g/mol. The molecule has 1 N–H and O–H groups in total. The summed E-state index contributed by atoms with van der Waals surface area (Å²) >= 11 is 5.58. The number of benzene rings is 1. The molecule has 0 aliphatic carbocycles. The van der Waals surface area contributed by atoms with Crippen LogP contribution >= 0.6 is 11.6 Å². The van der Waals surface area contributed by atoms with Crippen LogP contribution in [0.15, 0.2) is 18.2 Å². The van der Waals surface area contributed by atoms with Gasteiger partial charge in [-0.05, 0) is 25.1 Å². The molecule has 0 saturated carbocycles. The van der Waals surface area contributed by atoms with Crippen molar-refractivity contribution in [3.05, 3.63) is 29.0 Å². The molecule has 0 aliphatic rings. The maximum absolute atomic E-state index is 12.8. The average molecular weight is 218 g/mol. The summed E-state index contributed by atoms with van der Waals surface area (Å²) in [5, 5.41) is 2.56. The molecule has 14 heavy (non-hydrogen) atoms. The summed E-state index contributed by atoms with van der Waals surface area (Å²) < 4.78 is 17.4. The number of ether oxygens (including phenoxy) is 1. The van der Waals surface area contributed by atoms with E-state index in [1.807, 2.05) is 0 Å². The second kappa shape index (κ2) is 4.81. The van der Waals surface area contributed by atoms with Crippen molar-refractivity contribution in [3.63, 3.8) is 0 Å². The molecule has 3 nitrogen and oxygen atoms in total. The lowest BCUT2D eigenvalue weighted by Gasteiger charge is -2.05. The van der Waals surface area contributed by atoms with Crippen LogP contribution in [0.2, 0.25) is 5.02 Å². The highest BCUT2D eigenvalue weighted by molar-refractivity contribution is 6.30. The van der Waals surface area contributed by atoms with Crippen LogP contribution in [0.3, 0.4) is 0 Å². The quantitative estimate of drug-likeness (QED) is 0.827. The van der Waals surface area contributed by atoms with Crippen LogP contribution in [0.5, 0.6) is 0 Å². The fraction of sp³-hybridized carbons (Fsp3) is 0.222. The van der Waals surface area contributed by atoms with E-state index in [0.29, 0.717) is 0 Å². The third kappa shape index (κ3) is 3.22. The minimum atomic E-state index is -0.630. The van der Waals surface area contributed by atoms with Gasteiger partial charge in [-0.1, -0.05) is 11.6 Å². The number of nitrogens with one attached hydrogen (secondary N) is 1. The van der Waals surface area contributed by atoms with Gasteiger partial charge in [0.1, 0.15) is 5.82 Å². The van der Waals surface area contributed by atoms with Gasteiger partial charge >= 0.3 is 6.09 Å². The number of anilines is 1. The molecule has 0 bridgehead atoms. The maximum Gasteiger partial charge on any atom is 0.411 e. The second-order valence-corrected chi connectivity index (χ2v) is 2.94. The van der Waals surface area contributed by atoms with E-state index in [9.17, 15) is 9.18 Å². The van der Waals surface area contributed by atoms with E-state index in [4.69, 9.17) is 11.6 Å². The molecule has 1 aromatic carbocycles. The van der Waals surface area contributed by atoms with Crippen molar-refractivity contribution < 1.29 is 13.9 Å². The van der Waals surface area contributed by atoms with E-state index >= 15 is 0 Å². The molecule has 0 saturated heterocycles. The summed E-state index contributed by atoms with van der Waals surface area (Å²) in [5.74, 6) is -0.510. The number of hydrogen-bond donors (Lipinski definition) is 1. The number of carbonyl (C=O) groups excluding carboxylic acids is 1. The summed E-state index contributed by atoms with van der Waals surface area (Å²) in [6.45, 7) is 1.94. The first-order valence-electron chi connectivity index (χ1n) is 4.01. The first-order valence-corrected chi connectivity index (χ1v) is 4.39. The topological polar surface area (TPSA) is 38.3 Å². The van der Waals surface area contributed by atoms with Gasteiger partial charge in [0.2, 0.25) is 0 Å². The monoisotopic (exact) mass is 217 g/mol. The standard InChI is InChI=1S/C9H9ClFNO2/c1-2-14-9(13)12-8-4-6(10)3-7(11)5-8/h3-5H,2H2,1H3,(H,12,13). The van der Waals surface area contributed by atoms with Crippen LogP contribution in [0.1, 0.15) is 6.92 Å². The Bertz CT molecular complexity index is 323. The highest BCUT2D eigenvalue weighted by Gasteiger charge is 2.04. The van der Waals surface area contributed by atoms with Gasteiger partial charge in [0, 0.05) is 10.7 Å². The lowest BCUT2D eigenvalue weighted by molar-refractivity contribution is 0.168. The van der Waals surface area contributed by atoms with E-state index in [0.717, 1.165) is 12.1 Å². The molecule has 0 radical (unpaired) electrons. The molecule has 0 unspecified atom stereocenters. The van der Waals surface area contributed by atoms with Crippen molar-refractivity contribution >= 4 is 23.4 Å². The molecule has 0 fully saturated rings. The van der Waals surface area contributed by atoms with Crippen LogP contribution in [-0.4, -0.2) is 12.7 Å². The smallest absolute Gasteiger partial charge is 0.411 e. The normalized spacial score (nSPS) is 9.64. The summed E-state index contributed by atoms with van der Waals surface area (Å²) in [6.07, 6.45) is -0.630. The van der Waals surface area contributed by atoms with Crippen LogP contribution in [0.25, 0.3) is 0 Å². The van der Waals surface area contributed by atoms with Gasteiger partial charge in [-0.3, -0.25) is 5.32 Å². The van der Waals surface area contributed by atoms with Crippen molar-refractivity contribution in [1.82, 2.24) is 0 Å². The van der Waals surface area contributed by atoms with Crippen molar-refractivity contribution in [2.75, 3.05) is 11.9 Å². The lowest BCUT2D eigenvalue weighted by atomic mass is 10.3. The van der Waals surface area contributed by atoms with E-state index in [2.05, 4.69) is 10.1 Å². The molecule has 1 aromatic rings. The van der Waals surface area contributed by atoms with Crippen molar-refractivity contribution in [3.8, 4) is 0 Å². The predicted molar refractivity (Wildman–Crippen MR) is 52.1 cm³/mol. The summed E-state index contributed by atoms with van der Waals surface area (Å²) in [5.41, 5.74) is 0.272. The molecule has 0 aliphatic heterocycles. The largest absolute Gasteiger partial charge is 0.450 e. The zero-order chi connectivity index (χ0) is 10.6. The molecule has 1 rings (SSSR count). The maximum atomic E-state index is 12.8. The summed E-state index contributed by atoms with van der Waals surface area (Å²) in [6, 6.07) is 3.74. The Morgan fingerprint density at radius 1 is 1.57 bits per heavy atom. The number of amides is 1. The highest BCUT2D eigenvalue weighted by Crippen LogP contribution is 2.17. The van der Waals surface area contributed by atoms with Crippen LogP contribution in [-0.2, 0) is 4.74 Å². The average Bonchev–Trinajstić information content (AvgIpc) is 2.01. The number of halogens is 2. The van der Waals surface area contributed by atoms with Gasteiger partial charge in [-0.2, -0.15) is 0 Å². The lowest BCUT2D eigenvalue weighted by Crippen LogP contribution is -2.13. The fourth-order valence-electron chi connectivity index (χ4n) is 0.911. The van der Waals surface area contributed by atoms with E-state index in [1.54, 1.807) is 6.92 Å². The van der Waals surface area contributed by atoms with E-state index in [-0.39, 0.29) is 17.3 Å². The van der Waals surface area contributed by atoms with Crippen LogP contribution < -0.4 is 5.32 Å². The first-order chi connectivity index (χ1) is 6.61. The molecule has 76 valence electrons. The Balaban J connectivity index is 2.71. The molecule has 0 aromatic heterocycles. The third-order valence-electron chi connectivity index (χ3n) is 1.38. The van der Waals surface area contributed by atoms with E-state index < -0.39 is 11.9 Å². The zero-order valence-electron chi connectivity index (χ0n) is 7.51. The second-order valence-electron chi connectivity index (χ2n) is 2.50. The van der Waals surface area contributed by atoms with Gasteiger partial charge in [0.05, 0.1) is 6.61 Å². The van der Waals surface area contributed by atoms with E-state index in [1.165, 1.54) is 6.07 Å². The number of rotatable bonds is 2. The number of carbonyl (C=O) groups is 1. The predicted octanol–water partition coefficient (Wildman–Crippen LogP) is 3.05. The number of hydrogen-bond acceptors (Lipinski definition) is 2. The molecule has 0 atom stereocenters. The Morgan fingerprint density at radius 3 is 2.86 bits per heavy atom. The Morgan fingerprint density at radius 2 is 2.29 bits per heavy atom. The van der Waals surface area contributed by atoms with Gasteiger partial charge in [-0.15, -0.1) is 0 Å². The molecule has 1 amide bonds. The van der Waals surface area contributed by atoms with Gasteiger partial charge in [-0.25, -0.2) is 9.18 Å². The first kappa shape index (κ1) is 10.8. The molecule has 0 heterocycles. The third-order valence-corrected chi connectivity index (χ3v) is 1.60. The zero-order valence-corrected chi connectivity index (χ0v) is 8.27. The SMILES string of the molecule is CCOC(=O)Nc1cc(F)cc(Cl)c1. The Kier molecular flexibility index (Phi) is 3.71. The summed E-state index contributed by atoms with van der Waals surface area (Å²) in [4.78, 5) is 10.9. The van der Waals surface area contributed by atoms with Crippen molar-refractivity contribution in [1.29, 1.82) is 0 Å². The Labute approximate surface area is 85.8 Å². The minimum Gasteiger partial charge on any atom is -0.450 e.